The lowest BCUT2D eigenvalue weighted by atomic mass is 10.0. The van der Waals surface area contributed by atoms with Crippen LogP contribution < -0.4 is 10.1 Å². The van der Waals surface area contributed by atoms with Gasteiger partial charge < -0.3 is 20.1 Å². The van der Waals surface area contributed by atoms with Gasteiger partial charge in [0.15, 0.2) is 0 Å². The van der Waals surface area contributed by atoms with Crippen LogP contribution in [0.5, 0.6) is 5.88 Å². The number of aromatic nitrogens is 1. The fourth-order valence-electron chi connectivity index (χ4n) is 2.64. The number of carboxylic acid groups (broad SMARTS) is 1. The Morgan fingerprint density at radius 3 is 2.96 bits per heavy atom. The summed E-state index contributed by atoms with van der Waals surface area (Å²) in [5.41, 5.74) is 1.42. The quantitative estimate of drug-likeness (QED) is 0.826. The molecule has 0 aromatic carbocycles. The Bertz CT molecular complexity index is 688. The molecule has 0 saturated heterocycles. The summed E-state index contributed by atoms with van der Waals surface area (Å²) in [4.78, 5) is 29.0. The number of rotatable bonds is 6. The van der Waals surface area contributed by atoms with Gasteiger partial charge in [0.2, 0.25) is 5.88 Å². The number of nitrogens with zero attached hydrogens (tertiary/aromatic N) is 2. The third kappa shape index (κ3) is 3.64. The Balaban J connectivity index is 1.62. The minimum atomic E-state index is -1.24. The van der Waals surface area contributed by atoms with E-state index in [9.17, 15) is 14.0 Å². The van der Waals surface area contributed by atoms with E-state index in [0.29, 0.717) is 36.6 Å². The van der Waals surface area contributed by atoms with Gasteiger partial charge in [-0.1, -0.05) is 0 Å². The van der Waals surface area contributed by atoms with E-state index in [1.54, 1.807) is 12.1 Å². The van der Waals surface area contributed by atoms with Crippen LogP contribution in [-0.2, 0) is 6.42 Å². The first-order chi connectivity index (χ1) is 11.6. The number of carbonyl (C=O) groups is 2. The molecular formula is C16H18FN3O4. The van der Waals surface area contributed by atoms with Crippen LogP contribution in [0.15, 0.2) is 24.0 Å². The zero-order valence-electron chi connectivity index (χ0n) is 13.0. The highest BCUT2D eigenvalue weighted by atomic mass is 19.1. The topological polar surface area (TPSA) is 91.8 Å². The summed E-state index contributed by atoms with van der Waals surface area (Å²) in [5.74, 6) is 0.295. The smallest absolute Gasteiger partial charge is 0.404 e. The molecular weight excluding hydrogens is 317 g/mol. The van der Waals surface area contributed by atoms with Crippen molar-refractivity contribution in [1.29, 1.82) is 0 Å². The van der Waals surface area contributed by atoms with Crippen LogP contribution in [0.3, 0.4) is 0 Å². The van der Waals surface area contributed by atoms with Crippen molar-refractivity contribution in [2.24, 2.45) is 0 Å². The number of pyridine rings is 1. The van der Waals surface area contributed by atoms with Gasteiger partial charge in [-0.15, -0.1) is 0 Å². The van der Waals surface area contributed by atoms with E-state index in [1.807, 2.05) is 4.90 Å². The van der Waals surface area contributed by atoms with E-state index in [2.05, 4.69) is 10.3 Å². The lowest BCUT2D eigenvalue weighted by Crippen LogP contribution is -2.39. The average Bonchev–Trinajstić information content (AvgIpc) is 3.40. The van der Waals surface area contributed by atoms with Crippen LogP contribution in [0.4, 0.5) is 9.18 Å². The van der Waals surface area contributed by atoms with E-state index in [0.717, 1.165) is 12.8 Å². The van der Waals surface area contributed by atoms with Crippen LogP contribution in [0, 0.1) is 0 Å². The van der Waals surface area contributed by atoms with Gasteiger partial charge >= 0.3 is 6.09 Å². The van der Waals surface area contributed by atoms with Crippen molar-refractivity contribution in [3.63, 3.8) is 0 Å². The highest BCUT2D eigenvalue weighted by molar-refractivity contribution is 5.96. The van der Waals surface area contributed by atoms with Crippen molar-refractivity contribution in [2.45, 2.75) is 25.3 Å². The molecule has 1 fully saturated rings. The minimum Gasteiger partial charge on any atom is -0.473 e. The van der Waals surface area contributed by atoms with Crippen molar-refractivity contribution in [1.82, 2.24) is 15.2 Å². The number of nitrogens with one attached hydrogen (secondary N) is 1. The summed E-state index contributed by atoms with van der Waals surface area (Å²) < 4.78 is 18.1. The molecule has 2 amide bonds. The van der Waals surface area contributed by atoms with Gasteiger partial charge in [-0.2, -0.15) is 0 Å². The SMILES string of the molecule is O=C(O)NC/C(=C\F)COc1ccc2c(n1)CCN(C1CC1)C2=O. The molecule has 7 nitrogen and oxygen atoms in total. The molecule has 1 aromatic rings. The third-order valence-corrected chi connectivity index (χ3v) is 4.04. The fraction of sp³-hybridized carbons (Fsp3) is 0.438. The van der Waals surface area contributed by atoms with Crippen LogP contribution in [0.1, 0.15) is 28.9 Å². The van der Waals surface area contributed by atoms with Gasteiger partial charge in [-0.25, -0.2) is 14.2 Å². The number of hydrogen-bond donors (Lipinski definition) is 2. The molecule has 8 heteroatoms. The Labute approximate surface area is 138 Å². The predicted octanol–water partition coefficient (Wildman–Crippen LogP) is 1.74. The fourth-order valence-corrected chi connectivity index (χ4v) is 2.64. The molecule has 2 heterocycles. The molecule has 0 radical (unpaired) electrons. The van der Waals surface area contributed by atoms with Crippen molar-refractivity contribution < 1.29 is 23.8 Å². The van der Waals surface area contributed by atoms with Crippen molar-refractivity contribution in [2.75, 3.05) is 19.7 Å². The Hall–Kier alpha value is -2.64. The zero-order valence-corrected chi connectivity index (χ0v) is 13.0. The molecule has 2 N–H and O–H groups in total. The summed E-state index contributed by atoms with van der Waals surface area (Å²) in [7, 11) is 0. The number of ether oxygens (including phenoxy) is 1. The second-order valence-electron chi connectivity index (χ2n) is 5.84. The summed E-state index contributed by atoms with van der Waals surface area (Å²) in [6.45, 7) is 0.376. The van der Waals surface area contributed by atoms with Crippen LogP contribution in [0.25, 0.3) is 0 Å². The van der Waals surface area contributed by atoms with Crippen molar-refractivity contribution in [3.8, 4) is 5.88 Å². The summed E-state index contributed by atoms with van der Waals surface area (Å²) in [5, 5.41) is 10.6. The van der Waals surface area contributed by atoms with Crippen LogP contribution >= 0.6 is 0 Å². The second-order valence-corrected chi connectivity index (χ2v) is 5.84. The summed E-state index contributed by atoms with van der Waals surface area (Å²) in [6.07, 6.45) is 1.88. The third-order valence-electron chi connectivity index (χ3n) is 4.04. The molecule has 0 atom stereocenters. The highest BCUT2D eigenvalue weighted by Gasteiger charge is 2.36. The van der Waals surface area contributed by atoms with Gasteiger partial charge in [0.1, 0.15) is 6.61 Å². The molecule has 128 valence electrons. The first kappa shape index (κ1) is 16.2. The van der Waals surface area contributed by atoms with Gasteiger partial charge in [0, 0.05) is 37.2 Å². The van der Waals surface area contributed by atoms with Gasteiger partial charge in [0.25, 0.3) is 5.91 Å². The molecule has 3 rings (SSSR count). The standard InChI is InChI=1S/C16H18FN3O4/c17-7-10(8-18-16(22)23)9-24-14-4-3-12-13(19-14)5-6-20(15(12)21)11-1-2-11/h3-4,7,11,18H,1-2,5-6,8-9H2,(H,22,23)/b10-7+. The minimum absolute atomic E-state index is 0.00722. The lowest BCUT2D eigenvalue weighted by Gasteiger charge is -2.28. The number of halogens is 1. The monoisotopic (exact) mass is 335 g/mol. The maximum Gasteiger partial charge on any atom is 0.404 e. The first-order valence-corrected chi connectivity index (χ1v) is 7.77. The van der Waals surface area contributed by atoms with Crippen LogP contribution in [0.2, 0.25) is 0 Å². The van der Waals surface area contributed by atoms with E-state index < -0.39 is 6.09 Å². The average molecular weight is 335 g/mol. The van der Waals surface area contributed by atoms with Crippen LogP contribution in [-0.4, -0.2) is 52.7 Å². The van der Waals surface area contributed by atoms with E-state index in [4.69, 9.17) is 9.84 Å². The molecule has 24 heavy (non-hydrogen) atoms. The molecule has 0 spiro atoms. The normalized spacial score (nSPS) is 17.5. The molecule has 1 aliphatic heterocycles. The van der Waals surface area contributed by atoms with Gasteiger partial charge in [-0.3, -0.25) is 4.79 Å². The number of fused-ring (bicyclic) bond motifs is 1. The molecule has 0 bridgehead atoms. The number of carbonyl (C=O) groups excluding carboxylic acids is 1. The predicted molar refractivity (Wildman–Crippen MR) is 82.7 cm³/mol. The van der Waals surface area contributed by atoms with Crippen molar-refractivity contribution >= 4 is 12.0 Å². The number of hydrogen-bond acceptors (Lipinski definition) is 4. The summed E-state index contributed by atoms with van der Waals surface area (Å²) >= 11 is 0. The molecule has 1 saturated carbocycles. The Kier molecular flexibility index (Phi) is 4.64. The maximum absolute atomic E-state index is 12.7. The summed E-state index contributed by atoms with van der Waals surface area (Å²) in [6, 6.07) is 3.64. The molecule has 0 unspecified atom stereocenters. The Morgan fingerprint density at radius 1 is 1.50 bits per heavy atom. The molecule has 1 aliphatic carbocycles. The number of amides is 2. The lowest BCUT2D eigenvalue weighted by molar-refractivity contribution is 0.0724. The Morgan fingerprint density at radius 2 is 2.29 bits per heavy atom. The molecule has 1 aromatic heterocycles. The largest absolute Gasteiger partial charge is 0.473 e. The highest BCUT2D eigenvalue weighted by Crippen LogP contribution is 2.31. The van der Waals surface area contributed by atoms with Crippen molar-refractivity contribution in [3.05, 3.63) is 35.3 Å². The first-order valence-electron chi connectivity index (χ1n) is 7.77. The zero-order chi connectivity index (χ0) is 17.1. The second kappa shape index (κ2) is 6.86. The van der Waals surface area contributed by atoms with Gasteiger partial charge in [-0.05, 0) is 18.9 Å². The maximum atomic E-state index is 12.7. The van der Waals surface area contributed by atoms with E-state index in [1.165, 1.54) is 0 Å². The van der Waals surface area contributed by atoms with E-state index in [-0.39, 0.29) is 30.5 Å². The molecule has 2 aliphatic rings. The van der Waals surface area contributed by atoms with Gasteiger partial charge in [0.05, 0.1) is 17.6 Å². The van der Waals surface area contributed by atoms with E-state index >= 15 is 0 Å².